The van der Waals surface area contributed by atoms with Gasteiger partial charge >= 0.3 is 0 Å². The molecule has 2 aromatic rings. The summed E-state index contributed by atoms with van der Waals surface area (Å²) >= 11 is 2.18. The van der Waals surface area contributed by atoms with Crippen LogP contribution in [0.15, 0.2) is 41.3 Å². The quantitative estimate of drug-likeness (QED) is 0.714. The Bertz CT molecular complexity index is 824. The number of hydrogen-bond acceptors (Lipinski definition) is 4. The van der Waals surface area contributed by atoms with Gasteiger partial charge in [-0.3, -0.25) is 0 Å². The molecule has 0 saturated carbocycles. The van der Waals surface area contributed by atoms with Crippen molar-refractivity contribution in [1.29, 1.82) is 0 Å². The molecular formula is C15H13FINO4S. The van der Waals surface area contributed by atoms with E-state index < -0.39 is 15.8 Å². The summed E-state index contributed by atoms with van der Waals surface area (Å²) in [5.74, 6) is 0.894. The molecule has 0 saturated heterocycles. The van der Waals surface area contributed by atoms with Gasteiger partial charge in [-0.25, -0.2) is 17.5 Å². The minimum Gasteiger partial charge on any atom is -0.454 e. The molecule has 0 bridgehead atoms. The van der Waals surface area contributed by atoms with E-state index in [-0.39, 0.29) is 18.2 Å². The van der Waals surface area contributed by atoms with Gasteiger partial charge in [-0.05, 0) is 71.0 Å². The Morgan fingerprint density at radius 1 is 1.13 bits per heavy atom. The van der Waals surface area contributed by atoms with E-state index in [9.17, 15) is 12.8 Å². The highest BCUT2D eigenvalue weighted by Gasteiger charge is 2.17. The Labute approximate surface area is 147 Å². The van der Waals surface area contributed by atoms with Crippen LogP contribution in [0.1, 0.15) is 5.56 Å². The van der Waals surface area contributed by atoms with Crippen molar-refractivity contribution in [2.24, 2.45) is 0 Å². The third kappa shape index (κ3) is 3.75. The minimum atomic E-state index is -3.65. The Hall–Kier alpha value is -1.39. The number of halogens is 2. The summed E-state index contributed by atoms with van der Waals surface area (Å²) in [6.45, 7) is 0.432. The van der Waals surface area contributed by atoms with E-state index in [0.29, 0.717) is 17.9 Å². The van der Waals surface area contributed by atoms with Gasteiger partial charge in [-0.15, -0.1) is 0 Å². The second-order valence-electron chi connectivity index (χ2n) is 4.90. The van der Waals surface area contributed by atoms with Crippen LogP contribution in [-0.4, -0.2) is 21.8 Å². The fourth-order valence-corrected chi connectivity index (χ4v) is 3.91. The maximum Gasteiger partial charge on any atom is 0.240 e. The maximum absolute atomic E-state index is 12.9. The minimum absolute atomic E-state index is 0.0410. The molecule has 0 aliphatic carbocycles. The highest BCUT2D eigenvalue weighted by atomic mass is 127. The van der Waals surface area contributed by atoms with Gasteiger partial charge in [0.1, 0.15) is 5.82 Å². The van der Waals surface area contributed by atoms with Gasteiger partial charge in [0.2, 0.25) is 16.8 Å². The molecule has 0 atom stereocenters. The molecule has 23 heavy (non-hydrogen) atoms. The molecule has 0 spiro atoms. The molecule has 0 aromatic heterocycles. The summed E-state index contributed by atoms with van der Waals surface area (Å²) in [7, 11) is -3.65. The van der Waals surface area contributed by atoms with E-state index in [1.165, 1.54) is 12.1 Å². The monoisotopic (exact) mass is 449 g/mol. The molecule has 1 N–H and O–H groups in total. The standard InChI is InChI=1S/C15H13FINO4S/c16-11-1-3-12(4-2-11)23(19,20)18-6-5-10-7-14-15(8-13(10)17)22-9-21-14/h1-4,7-8,18H,5-6,9H2. The van der Waals surface area contributed by atoms with E-state index >= 15 is 0 Å². The number of hydrogen-bond donors (Lipinski definition) is 1. The van der Waals surface area contributed by atoms with Crippen molar-refractivity contribution in [3.63, 3.8) is 0 Å². The Kier molecular flexibility index (Phi) is 4.74. The van der Waals surface area contributed by atoms with E-state index in [1.807, 2.05) is 12.1 Å². The first-order chi connectivity index (χ1) is 11.0. The molecule has 1 heterocycles. The number of benzene rings is 2. The highest BCUT2D eigenvalue weighted by molar-refractivity contribution is 14.1. The van der Waals surface area contributed by atoms with Crippen LogP contribution < -0.4 is 14.2 Å². The van der Waals surface area contributed by atoms with Crippen molar-refractivity contribution in [2.45, 2.75) is 11.3 Å². The van der Waals surface area contributed by atoms with Crippen LogP contribution in [0.3, 0.4) is 0 Å². The summed E-state index contributed by atoms with van der Waals surface area (Å²) in [4.78, 5) is 0.0410. The van der Waals surface area contributed by atoms with Gasteiger partial charge in [0.25, 0.3) is 0 Å². The van der Waals surface area contributed by atoms with Gasteiger partial charge in [-0.2, -0.15) is 0 Å². The van der Waals surface area contributed by atoms with Gasteiger partial charge in [0.15, 0.2) is 11.5 Å². The number of fused-ring (bicyclic) bond motifs is 1. The lowest BCUT2D eigenvalue weighted by molar-refractivity contribution is 0.174. The third-order valence-electron chi connectivity index (χ3n) is 3.35. The molecule has 0 radical (unpaired) electrons. The number of nitrogens with one attached hydrogen (secondary N) is 1. The predicted molar refractivity (Wildman–Crippen MR) is 90.6 cm³/mol. The Morgan fingerprint density at radius 2 is 1.78 bits per heavy atom. The van der Waals surface area contributed by atoms with Crippen LogP contribution in [0.4, 0.5) is 4.39 Å². The maximum atomic E-state index is 12.9. The zero-order chi connectivity index (χ0) is 16.4. The summed E-state index contributed by atoms with van der Waals surface area (Å²) in [5.41, 5.74) is 0.969. The van der Waals surface area contributed by atoms with E-state index in [1.54, 1.807) is 0 Å². The molecule has 8 heteroatoms. The predicted octanol–water partition coefficient (Wildman–Crippen LogP) is 2.68. The summed E-state index contributed by atoms with van der Waals surface area (Å²) in [5, 5.41) is 0. The second-order valence-corrected chi connectivity index (χ2v) is 7.83. The van der Waals surface area contributed by atoms with Crippen LogP contribution in [0.25, 0.3) is 0 Å². The van der Waals surface area contributed by atoms with Crippen LogP contribution in [0, 0.1) is 9.39 Å². The summed E-state index contributed by atoms with van der Waals surface area (Å²) < 4.78 is 51.2. The lowest BCUT2D eigenvalue weighted by atomic mass is 10.1. The highest BCUT2D eigenvalue weighted by Crippen LogP contribution is 2.35. The molecule has 0 unspecified atom stereocenters. The van der Waals surface area contributed by atoms with E-state index in [2.05, 4.69) is 27.3 Å². The zero-order valence-electron chi connectivity index (χ0n) is 11.9. The normalized spacial score (nSPS) is 13.3. The lowest BCUT2D eigenvalue weighted by Gasteiger charge is -2.09. The van der Waals surface area contributed by atoms with Crippen LogP contribution in [0.2, 0.25) is 0 Å². The summed E-state index contributed by atoms with van der Waals surface area (Å²) in [6.07, 6.45) is 0.509. The Balaban J connectivity index is 1.66. The van der Waals surface area contributed by atoms with Crippen molar-refractivity contribution in [2.75, 3.05) is 13.3 Å². The average Bonchev–Trinajstić information content (AvgIpc) is 2.95. The average molecular weight is 449 g/mol. The van der Waals surface area contributed by atoms with Gasteiger partial charge < -0.3 is 9.47 Å². The number of ether oxygens (including phenoxy) is 2. The summed E-state index contributed by atoms with van der Waals surface area (Å²) in [6, 6.07) is 8.44. The van der Waals surface area contributed by atoms with Gasteiger partial charge in [0, 0.05) is 10.1 Å². The smallest absolute Gasteiger partial charge is 0.240 e. The van der Waals surface area contributed by atoms with Gasteiger partial charge in [0.05, 0.1) is 4.90 Å². The first-order valence-corrected chi connectivity index (χ1v) is 9.35. The fourth-order valence-electron chi connectivity index (χ4n) is 2.17. The third-order valence-corrected chi connectivity index (χ3v) is 5.83. The van der Waals surface area contributed by atoms with Crippen molar-refractivity contribution >= 4 is 32.6 Å². The van der Waals surface area contributed by atoms with Crippen LogP contribution >= 0.6 is 22.6 Å². The SMILES string of the molecule is O=S(=O)(NCCc1cc2c(cc1I)OCO2)c1ccc(F)cc1. The first kappa shape index (κ1) is 16.5. The zero-order valence-corrected chi connectivity index (χ0v) is 14.9. The van der Waals surface area contributed by atoms with Crippen LogP contribution in [0.5, 0.6) is 11.5 Å². The number of sulfonamides is 1. The van der Waals surface area contributed by atoms with Crippen molar-refractivity contribution in [3.05, 3.63) is 51.3 Å². The van der Waals surface area contributed by atoms with Crippen LogP contribution in [-0.2, 0) is 16.4 Å². The molecule has 2 aromatic carbocycles. The molecule has 5 nitrogen and oxygen atoms in total. The molecule has 0 amide bonds. The van der Waals surface area contributed by atoms with E-state index in [4.69, 9.17) is 9.47 Å². The lowest BCUT2D eigenvalue weighted by Crippen LogP contribution is -2.26. The Morgan fingerprint density at radius 3 is 2.48 bits per heavy atom. The molecule has 122 valence electrons. The fraction of sp³-hybridized carbons (Fsp3) is 0.200. The molecule has 1 aliphatic rings. The molecule has 3 rings (SSSR count). The second kappa shape index (κ2) is 6.62. The molecular weight excluding hydrogens is 436 g/mol. The number of rotatable bonds is 5. The van der Waals surface area contributed by atoms with Gasteiger partial charge in [-0.1, -0.05) is 0 Å². The van der Waals surface area contributed by atoms with E-state index in [0.717, 1.165) is 21.3 Å². The molecule has 1 aliphatic heterocycles. The first-order valence-electron chi connectivity index (χ1n) is 6.79. The van der Waals surface area contributed by atoms with Crippen molar-refractivity contribution < 1.29 is 22.3 Å². The van der Waals surface area contributed by atoms with Crippen molar-refractivity contribution in [1.82, 2.24) is 4.72 Å². The topological polar surface area (TPSA) is 64.6 Å². The van der Waals surface area contributed by atoms with Crippen molar-refractivity contribution in [3.8, 4) is 11.5 Å². The molecule has 0 fully saturated rings. The largest absolute Gasteiger partial charge is 0.454 e.